The molecule has 1 heterocycles. The summed E-state index contributed by atoms with van der Waals surface area (Å²) in [5, 5.41) is 1.10. The van der Waals surface area contributed by atoms with Crippen molar-refractivity contribution < 1.29 is 13.2 Å². The topological polar surface area (TPSA) is 48.3 Å². The van der Waals surface area contributed by atoms with E-state index in [4.69, 9.17) is 4.74 Å². The van der Waals surface area contributed by atoms with Crippen LogP contribution in [0.3, 0.4) is 0 Å². The molecule has 2 fully saturated rings. The lowest BCUT2D eigenvalue weighted by Gasteiger charge is -2.63. The molecule has 4 nitrogen and oxygen atoms in total. The predicted molar refractivity (Wildman–Crippen MR) is 141 cm³/mol. The number of hydrogen-bond donors (Lipinski definition) is 0. The summed E-state index contributed by atoms with van der Waals surface area (Å²) in [6, 6.07) is 13.0. The van der Waals surface area contributed by atoms with Gasteiger partial charge in [-0.3, -0.25) is 0 Å². The molecule has 0 spiro atoms. The molecule has 4 atom stereocenters. The first-order valence-electron chi connectivity index (χ1n) is 13.1. The minimum Gasteiger partial charge on any atom is -0.495 e. The fourth-order valence-corrected chi connectivity index (χ4v) is 10.1. The van der Waals surface area contributed by atoms with E-state index in [9.17, 15) is 8.42 Å². The van der Waals surface area contributed by atoms with Crippen molar-refractivity contribution in [3.05, 3.63) is 59.8 Å². The zero-order valence-corrected chi connectivity index (χ0v) is 22.4. The summed E-state index contributed by atoms with van der Waals surface area (Å²) < 4.78 is 35.0. The van der Waals surface area contributed by atoms with Gasteiger partial charge >= 0.3 is 0 Å². The third-order valence-electron chi connectivity index (χ3n) is 10.3. The first kappa shape index (κ1) is 23.1. The summed E-state index contributed by atoms with van der Waals surface area (Å²) in [5.74, 6) is 1.82. The van der Waals surface area contributed by atoms with Crippen LogP contribution in [0.2, 0.25) is 0 Å². The van der Waals surface area contributed by atoms with E-state index in [1.54, 1.807) is 31.4 Å². The molecule has 0 saturated heterocycles. The molecule has 0 N–H and O–H groups in total. The second-order valence-corrected chi connectivity index (χ2v) is 14.2. The van der Waals surface area contributed by atoms with Gasteiger partial charge in [0.05, 0.1) is 12.0 Å². The van der Waals surface area contributed by atoms with E-state index >= 15 is 0 Å². The van der Waals surface area contributed by atoms with Crippen molar-refractivity contribution in [2.45, 2.75) is 76.5 Å². The molecule has 0 aliphatic heterocycles. The maximum atomic E-state index is 13.9. The van der Waals surface area contributed by atoms with Gasteiger partial charge in [0, 0.05) is 11.6 Å². The normalized spacial score (nSPS) is 31.6. The third kappa shape index (κ3) is 3.00. The average molecular weight is 492 g/mol. The number of benzene rings is 2. The molecular formula is C30H37NO3S. The fraction of sp³-hybridized carbons (Fsp3) is 0.533. The minimum atomic E-state index is -3.75. The lowest BCUT2D eigenvalue weighted by molar-refractivity contribution is -0.105. The molecule has 2 saturated carbocycles. The van der Waals surface area contributed by atoms with E-state index < -0.39 is 10.0 Å². The summed E-state index contributed by atoms with van der Waals surface area (Å²) in [6.45, 7) is 9.94. The molecule has 3 aromatic rings. The molecule has 3 aliphatic carbocycles. The molecule has 2 aromatic carbocycles. The Morgan fingerprint density at radius 1 is 0.943 bits per heavy atom. The lowest BCUT2D eigenvalue weighted by atomic mass is 9.41. The third-order valence-corrected chi connectivity index (χ3v) is 12.0. The van der Waals surface area contributed by atoms with E-state index in [0.29, 0.717) is 33.4 Å². The Morgan fingerprint density at radius 3 is 2.40 bits per heavy atom. The van der Waals surface area contributed by atoms with Crippen LogP contribution in [0.5, 0.6) is 5.75 Å². The van der Waals surface area contributed by atoms with Gasteiger partial charge in [-0.25, -0.2) is 12.4 Å². The van der Waals surface area contributed by atoms with Gasteiger partial charge < -0.3 is 4.74 Å². The van der Waals surface area contributed by atoms with Gasteiger partial charge in [0.1, 0.15) is 11.3 Å². The zero-order chi connectivity index (χ0) is 24.8. The summed E-state index contributed by atoms with van der Waals surface area (Å²) in [7, 11) is -2.12. The van der Waals surface area contributed by atoms with Crippen LogP contribution in [0.1, 0.15) is 70.9 Å². The zero-order valence-electron chi connectivity index (χ0n) is 21.6. The van der Waals surface area contributed by atoms with Crippen molar-refractivity contribution in [2.75, 3.05) is 7.11 Å². The highest BCUT2D eigenvalue weighted by molar-refractivity contribution is 7.90. The molecule has 186 valence electrons. The van der Waals surface area contributed by atoms with Gasteiger partial charge in [0.2, 0.25) is 0 Å². The van der Waals surface area contributed by atoms with E-state index in [1.807, 2.05) is 18.3 Å². The predicted octanol–water partition coefficient (Wildman–Crippen LogP) is 6.94. The van der Waals surface area contributed by atoms with E-state index in [2.05, 4.69) is 33.8 Å². The Bertz CT molecular complexity index is 1420. The highest BCUT2D eigenvalue weighted by atomic mass is 32.2. The number of fused-ring (bicyclic) bond motifs is 4. The molecule has 0 unspecified atom stereocenters. The lowest BCUT2D eigenvalue weighted by Crippen LogP contribution is -2.57. The first-order chi connectivity index (χ1) is 16.5. The maximum Gasteiger partial charge on any atom is 0.268 e. The molecule has 3 aliphatic rings. The van der Waals surface area contributed by atoms with Crippen LogP contribution in [0, 0.1) is 22.7 Å². The van der Waals surface area contributed by atoms with Crippen molar-refractivity contribution in [2.24, 2.45) is 22.7 Å². The van der Waals surface area contributed by atoms with Crippen molar-refractivity contribution in [3.8, 4) is 5.75 Å². The van der Waals surface area contributed by atoms with Gasteiger partial charge in [-0.1, -0.05) is 58.4 Å². The summed E-state index contributed by atoms with van der Waals surface area (Å²) in [4.78, 5) is 0.305. The standard InChI is InChI=1S/C30H37NO3S/c1-28(2)15-9-16-30(4)24(28)14-17-29(3)22-12-13-23(34-5)27-26(22)20(18-25(29)30)19-31(27)35(32,33)21-10-7-6-8-11-21/h6-8,10-13,19,24-25H,9,14-18H2,1-5H3/t24-,25-,29-,30-/m0/s1. The number of hydrogen-bond acceptors (Lipinski definition) is 3. The molecular weight excluding hydrogens is 454 g/mol. The van der Waals surface area contributed by atoms with Crippen LogP contribution in [-0.2, 0) is 21.9 Å². The van der Waals surface area contributed by atoms with Crippen molar-refractivity contribution in [1.82, 2.24) is 3.97 Å². The number of rotatable bonds is 3. The van der Waals surface area contributed by atoms with Crippen LogP contribution in [0.25, 0.3) is 10.9 Å². The summed E-state index contributed by atoms with van der Waals surface area (Å²) >= 11 is 0. The number of aromatic nitrogens is 1. The van der Waals surface area contributed by atoms with Gasteiger partial charge in [0.25, 0.3) is 10.0 Å². The molecule has 0 bridgehead atoms. The Labute approximate surface area is 209 Å². The van der Waals surface area contributed by atoms with Gasteiger partial charge in [-0.05, 0) is 89.5 Å². The fourth-order valence-electron chi connectivity index (χ4n) is 8.73. The maximum absolute atomic E-state index is 13.9. The molecule has 35 heavy (non-hydrogen) atoms. The van der Waals surface area contributed by atoms with Crippen LogP contribution in [0.15, 0.2) is 53.6 Å². The van der Waals surface area contributed by atoms with Gasteiger partial charge in [-0.2, -0.15) is 0 Å². The highest BCUT2D eigenvalue weighted by Gasteiger charge is 2.60. The first-order valence-corrected chi connectivity index (χ1v) is 14.5. The SMILES string of the molecule is COc1ccc2c3c(cn(S(=O)(=O)c4ccccc4)c13)C[C@@H]1[C@@]3(C)CCCC(C)(C)[C@@H]3CC[C@@]21C. The van der Waals surface area contributed by atoms with Crippen LogP contribution < -0.4 is 4.74 Å². The highest BCUT2D eigenvalue weighted by Crippen LogP contribution is 2.67. The smallest absolute Gasteiger partial charge is 0.268 e. The Balaban J connectivity index is 1.59. The number of nitrogens with zero attached hydrogens (tertiary/aromatic N) is 1. The molecule has 6 rings (SSSR count). The molecule has 0 radical (unpaired) electrons. The van der Waals surface area contributed by atoms with Crippen molar-refractivity contribution in [1.29, 1.82) is 0 Å². The quantitative estimate of drug-likeness (QED) is 0.399. The Hall–Kier alpha value is -2.27. The van der Waals surface area contributed by atoms with E-state index in [1.165, 1.54) is 35.2 Å². The van der Waals surface area contributed by atoms with Crippen molar-refractivity contribution >= 4 is 20.9 Å². The number of methoxy groups -OCH3 is 1. The second-order valence-electron chi connectivity index (χ2n) is 12.4. The molecule has 0 amide bonds. The Morgan fingerprint density at radius 2 is 1.69 bits per heavy atom. The number of ether oxygens (including phenoxy) is 1. The average Bonchev–Trinajstić information content (AvgIpc) is 3.21. The van der Waals surface area contributed by atoms with Crippen molar-refractivity contribution in [3.63, 3.8) is 0 Å². The summed E-state index contributed by atoms with van der Waals surface area (Å²) in [5.41, 5.74) is 3.79. The molecule has 5 heteroatoms. The molecule has 1 aromatic heterocycles. The second kappa shape index (κ2) is 7.38. The largest absolute Gasteiger partial charge is 0.495 e. The van der Waals surface area contributed by atoms with Crippen LogP contribution in [-0.4, -0.2) is 19.5 Å². The van der Waals surface area contributed by atoms with Gasteiger partial charge in [0.15, 0.2) is 0 Å². The van der Waals surface area contributed by atoms with E-state index in [0.717, 1.165) is 23.8 Å². The Kier molecular flexibility index (Phi) is 4.88. The van der Waals surface area contributed by atoms with Crippen LogP contribution >= 0.6 is 0 Å². The monoisotopic (exact) mass is 491 g/mol. The van der Waals surface area contributed by atoms with Crippen LogP contribution in [0.4, 0.5) is 0 Å². The van der Waals surface area contributed by atoms with Gasteiger partial charge in [-0.15, -0.1) is 0 Å². The summed E-state index contributed by atoms with van der Waals surface area (Å²) in [6.07, 6.45) is 9.06. The van der Waals surface area contributed by atoms with E-state index in [-0.39, 0.29) is 10.8 Å². The minimum absolute atomic E-state index is 0.0267.